The largest absolute Gasteiger partial charge is 0.480 e. The summed E-state index contributed by atoms with van der Waals surface area (Å²) in [6.07, 6.45) is 7.33. The predicted molar refractivity (Wildman–Crippen MR) is 87.2 cm³/mol. The minimum absolute atomic E-state index is 0.278. The van der Waals surface area contributed by atoms with Crippen LogP contribution in [0.3, 0.4) is 0 Å². The molecule has 0 bridgehead atoms. The Morgan fingerprint density at radius 3 is 2.23 bits per heavy atom. The zero-order valence-corrected chi connectivity index (χ0v) is 13.9. The first kappa shape index (κ1) is 20.7. The van der Waals surface area contributed by atoms with E-state index in [9.17, 15) is 14.0 Å². The Bertz CT molecular complexity index is 466. The minimum atomic E-state index is -0.968. The zero-order chi connectivity index (χ0) is 17.0. The monoisotopic (exact) mass is 376 g/mol. The average molecular weight is 377 g/mol. The summed E-state index contributed by atoms with van der Waals surface area (Å²) in [7, 11) is 0. The van der Waals surface area contributed by atoms with Gasteiger partial charge in [-0.25, -0.2) is 4.39 Å². The van der Waals surface area contributed by atoms with E-state index < -0.39 is 5.97 Å². The minimum Gasteiger partial charge on any atom is -0.480 e. The lowest BCUT2D eigenvalue weighted by Gasteiger charge is -2.15. The molecule has 22 heavy (non-hydrogen) atoms. The van der Waals surface area contributed by atoms with Crippen LogP contribution in [0.4, 0.5) is 4.39 Å². The molecule has 5 nitrogen and oxygen atoms in total. The van der Waals surface area contributed by atoms with Crippen molar-refractivity contribution in [3.8, 4) is 0 Å². The Hall–Kier alpha value is -1.31. The van der Waals surface area contributed by atoms with Crippen molar-refractivity contribution < 1.29 is 19.1 Å². The van der Waals surface area contributed by atoms with Crippen LogP contribution < -0.4 is 11.5 Å². The molecule has 7 heteroatoms. The molecule has 1 aromatic carbocycles. The van der Waals surface area contributed by atoms with Gasteiger partial charge >= 0.3 is 5.97 Å². The van der Waals surface area contributed by atoms with Gasteiger partial charge in [0.2, 0.25) is 0 Å². The third-order valence-electron chi connectivity index (χ3n) is 2.90. The lowest BCUT2D eigenvalue weighted by Crippen LogP contribution is -2.22. The number of aliphatic carboxylic acids is 1. The average Bonchev–Trinajstić information content (AvgIpc) is 2.52. The Morgan fingerprint density at radius 1 is 1.36 bits per heavy atom. The molecule has 1 aliphatic rings. The van der Waals surface area contributed by atoms with Gasteiger partial charge in [-0.15, -0.1) is 0 Å². The summed E-state index contributed by atoms with van der Waals surface area (Å²) in [6, 6.07) is 4.64. The summed E-state index contributed by atoms with van der Waals surface area (Å²) in [5.74, 6) is -1.32. The van der Waals surface area contributed by atoms with E-state index in [-0.39, 0.29) is 12.4 Å². The molecular formula is C15H22BrFN2O3. The summed E-state index contributed by atoms with van der Waals surface area (Å²) in [5, 5.41) is 7.60. The van der Waals surface area contributed by atoms with Crippen LogP contribution in [-0.4, -0.2) is 29.9 Å². The molecule has 0 radical (unpaired) electrons. The van der Waals surface area contributed by atoms with Crippen molar-refractivity contribution in [2.24, 2.45) is 11.5 Å². The van der Waals surface area contributed by atoms with E-state index in [0.29, 0.717) is 22.4 Å². The zero-order valence-electron chi connectivity index (χ0n) is 12.3. The van der Waals surface area contributed by atoms with Gasteiger partial charge < -0.3 is 16.6 Å². The maximum atomic E-state index is 12.5. The summed E-state index contributed by atoms with van der Waals surface area (Å²) in [4.78, 5) is 19.4. The predicted octanol–water partition coefficient (Wildman–Crippen LogP) is 2.71. The van der Waals surface area contributed by atoms with Crippen molar-refractivity contribution in [2.75, 3.05) is 6.54 Å². The number of carbonyl (C=O) groups is 2. The molecule has 1 aromatic rings. The van der Waals surface area contributed by atoms with Crippen molar-refractivity contribution in [3.05, 3.63) is 34.1 Å². The van der Waals surface area contributed by atoms with E-state index >= 15 is 0 Å². The molecule has 0 aliphatic heterocycles. The number of carboxylic acids is 1. The SMILES string of the molecule is NC1CCCCC1.NCC(=O)O.O=Cc1ccc(F)c(Br)c1. The van der Waals surface area contributed by atoms with Crippen LogP contribution in [0.5, 0.6) is 0 Å². The topological polar surface area (TPSA) is 106 Å². The highest BCUT2D eigenvalue weighted by Gasteiger charge is 2.06. The molecule has 0 amide bonds. The van der Waals surface area contributed by atoms with Crippen LogP contribution in [0.15, 0.2) is 22.7 Å². The Labute approximate surface area is 138 Å². The van der Waals surface area contributed by atoms with Crippen LogP contribution in [-0.2, 0) is 4.79 Å². The number of halogens is 2. The maximum absolute atomic E-state index is 12.5. The number of hydrogen-bond donors (Lipinski definition) is 3. The molecule has 0 unspecified atom stereocenters. The quantitative estimate of drug-likeness (QED) is 0.687. The van der Waals surface area contributed by atoms with Crippen molar-refractivity contribution in [3.63, 3.8) is 0 Å². The summed E-state index contributed by atoms with van der Waals surface area (Å²) < 4.78 is 12.8. The molecule has 0 saturated heterocycles. The molecule has 5 N–H and O–H groups in total. The van der Waals surface area contributed by atoms with Gasteiger partial charge in [-0.3, -0.25) is 9.59 Å². The van der Waals surface area contributed by atoms with E-state index in [1.807, 2.05) is 0 Å². The second-order valence-electron chi connectivity index (χ2n) is 4.79. The second kappa shape index (κ2) is 12.3. The number of carbonyl (C=O) groups excluding carboxylic acids is 1. The van der Waals surface area contributed by atoms with Crippen molar-refractivity contribution in [1.82, 2.24) is 0 Å². The van der Waals surface area contributed by atoms with E-state index in [0.717, 1.165) is 0 Å². The van der Waals surface area contributed by atoms with Crippen molar-refractivity contribution in [2.45, 2.75) is 38.1 Å². The highest BCUT2D eigenvalue weighted by Crippen LogP contribution is 2.15. The van der Waals surface area contributed by atoms with Crippen LogP contribution >= 0.6 is 15.9 Å². The van der Waals surface area contributed by atoms with Gasteiger partial charge in [0.15, 0.2) is 0 Å². The molecule has 0 heterocycles. The Balaban J connectivity index is 0.000000322. The number of aldehydes is 1. The van der Waals surface area contributed by atoms with Crippen molar-refractivity contribution in [1.29, 1.82) is 0 Å². The van der Waals surface area contributed by atoms with Crippen molar-refractivity contribution >= 4 is 28.2 Å². The molecule has 2 rings (SSSR count). The molecule has 1 fully saturated rings. The highest BCUT2D eigenvalue weighted by molar-refractivity contribution is 9.10. The fourth-order valence-electron chi connectivity index (χ4n) is 1.72. The number of rotatable bonds is 2. The van der Waals surface area contributed by atoms with E-state index in [1.54, 1.807) is 0 Å². The maximum Gasteiger partial charge on any atom is 0.317 e. The first-order valence-corrected chi connectivity index (χ1v) is 7.77. The van der Waals surface area contributed by atoms with Crippen LogP contribution in [0.1, 0.15) is 42.5 Å². The summed E-state index contributed by atoms with van der Waals surface area (Å²) in [5.41, 5.74) is 10.7. The van der Waals surface area contributed by atoms with Gasteiger partial charge in [0.25, 0.3) is 0 Å². The number of nitrogens with two attached hydrogens (primary N) is 2. The molecular weight excluding hydrogens is 355 g/mol. The summed E-state index contributed by atoms with van der Waals surface area (Å²) >= 11 is 2.95. The van der Waals surface area contributed by atoms with E-state index in [1.165, 1.54) is 50.3 Å². The number of carboxylic acid groups (broad SMARTS) is 1. The highest BCUT2D eigenvalue weighted by atomic mass is 79.9. The smallest absolute Gasteiger partial charge is 0.317 e. The molecule has 0 atom stereocenters. The molecule has 124 valence electrons. The van der Waals surface area contributed by atoms with Gasteiger partial charge in [-0.05, 0) is 47.0 Å². The number of hydrogen-bond acceptors (Lipinski definition) is 4. The lowest BCUT2D eigenvalue weighted by molar-refractivity contribution is -0.135. The second-order valence-corrected chi connectivity index (χ2v) is 5.64. The van der Waals surface area contributed by atoms with Gasteiger partial charge in [-0.1, -0.05) is 19.3 Å². The Morgan fingerprint density at radius 2 is 1.91 bits per heavy atom. The fourth-order valence-corrected chi connectivity index (χ4v) is 2.12. The van der Waals surface area contributed by atoms with Crippen LogP contribution in [0.2, 0.25) is 0 Å². The van der Waals surface area contributed by atoms with Gasteiger partial charge in [0.1, 0.15) is 12.1 Å². The standard InChI is InChI=1S/C7H4BrFO.C6H13N.C2H5NO2/c8-6-3-5(4-10)1-2-7(6)9;7-6-4-2-1-3-5-6;3-1-2(4)5/h1-4H;6H,1-5,7H2;1,3H2,(H,4,5). The van der Waals surface area contributed by atoms with E-state index in [4.69, 9.17) is 10.8 Å². The van der Waals surface area contributed by atoms with Gasteiger partial charge in [0, 0.05) is 11.6 Å². The normalized spacial score (nSPS) is 14.0. The van der Waals surface area contributed by atoms with Gasteiger partial charge in [0.05, 0.1) is 11.0 Å². The third-order valence-corrected chi connectivity index (χ3v) is 3.51. The van der Waals surface area contributed by atoms with Crippen LogP contribution in [0.25, 0.3) is 0 Å². The number of benzene rings is 1. The fraction of sp³-hybridized carbons (Fsp3) is 0.467. The van der Waals surface area contributed by atoms with E-state index in [2.05, 4.69) is 21.7 Å². The molecule has 0 spiro atoms. The molecule has 0 aromatic heterocycles. The first-order valence-electron chi connectivity index (χ1n) is 6.98. The van der Waals surface area contributed by atoms with Crippen LogP contribution in [0, 0.1) is 5.82 Å². The third kappa shape index (κ3) is 10.4. The lowest BCUT2D eigenvalue weighted by atomic mass is 9.97. The summed E-state index contributed by atoms with van der Waals surface area (Å²) in [6.45, 7) is -0.278. The van der Waals surface area contributed by atoms with Gasteiger partial charge in [-0.2, -0.15) is 0 Å². The Kier molecular flexibility index (Phi) is 11.5. The first-order chi connectivity index (χ1) is 10.4. The molecule has 1 saturated carbocycles. The molecule has 1 aliphatic carbocycles.